The van der Waals surface area contributed by atoms with Gasteiger partial charge in [0.15, 0.2) is 0 Å². The van der Waals surface area contributed by atoms with Crippen LogP contribution in [-0.2, 0) is 6.42 Å². The maximum atomic E-state index is 12.7. The minimum absolute atomic E-state index is 0.0962. The normalized spacial score (nSPS) is 18.8. The SMILES string of the molecule is CCC(N)Cc1ccccc1N1CCC(C(F)(F)F)CC1. The van der Waals surface area contributed by atoms with Gasteiger partial charge in [-0.1, -0.05) is 25.1 Å². The Morgan fingerprint density at radius 3 is 2.43 bits per heavy atom. The van der Waals surface area contributed by atoms with E-state index in [1.165, 1.54) is 0 Å². The average molecular weight is 300 g/mol. The second-order valence-electron chi connectivity index (χ2n) is 5.80. The second kappa shape index (κ2) is 6.69. The maximum absolute atomic E-state index is 12.7. The molecular weight excluding hydrogens is 277 g/mol. The lowest BCUT2D eigenvalue weighted by molar-refractivity contribution is -0.179. The third-order valence-electron chi connectivity index (χ3n) is 4.30. The predicted molar refractivity (Wildman–Crippen MR) is 79.4 cm³/mol. The van der Waals surface area contributed by atoms with Crippen LogP contribution in [0.15, 0.2) is 24.3 Å². The third kappa shape index (κ3) is 4.13. The van der Waals surface area contributed by atoms with E-state index in [0.717, 1.165) is 24.1 Å². The van der Waals surface area contributed by atoms with Gasteiger partial charge in [0.2, 0.25) is 0 Å². The molecule has 1 aromatic rings. The Morgan fingerprint density at radius 2 is 1.86 bits per heavy atom. The van der Waals surface area contributed by atoms with E-state index in [2.05, 4.69) is 4.90 Å². The van der Waals surface area contributed by atoms with E-state index in [4.69, 9.17) is 5.73 Å². The molecule has 0 spiro atoms. The van der Waals surface area contributed by atoms with Crippen LogP contribution in [0.3, 0.4) is 0 Å². The van der Waals surface area contributed by atoms with Gasteiger partial charge >= 0.3 is 6.18 Å². The number of halogens is 3. The number of para-hydroxylation sites is 1. The van der Waals surface area contributed by atoms with E-state index >= 15 is 0 Å². The number of piperidine rings is 1. The average Bonchev–Trinajstić information content (AvgIpc) is 2.47. The first kappa shape index (κ1) is 16.1. The topological polar surface area (TPSA) is 29.3 Å². The highest BCUT2D eigenvalue weighted by Gasteiger charge is 2.41. The van der Waals surface area contributed by atoms with Crippen molar-refractivity contribution in [3.05, 3.63) is 29.8 Å². The first-order valence-electron chi connectivity index (χ1n) is 7.57. The van der Waals surface area contributed by atoms with Crippen molar-refractivity contribution in [3.8, 4) is 0 Å². The van der Waals surface area contributed by atoms with Gasteiger partial charge in [-0.15, -0.1) is 0 Å². The highest BCUT2D eigenvalue weighted by atomic mass is 19.4. The van der Waals surface area contributed by atoms with Gasteiger partial charge < -0.3 is 10.6 Å². The van der Waals surface area contributed by atoms with E-state index in [1.54, 1.807) is 0 Å². The van der Waals surface area contributed by atoms with Crippen LogP contribution >= 0.6 is 0 Å². The van der Waals surface area contributed by atoms with Crippen LogP contribution in [0.4, 0.5) is 18.9 Å². The molecule has 1 aliphatic heterocycles. The molecule has 5 heteroatoms. The molecule has 1 unspecified atom stereocenters. The molecule has 1 heterocycles. The molecule has 0 aromatic heterocycles. The summed E-state index contributed by atoms with van der Waals surface area (Å²) in [7, 11) is 0. The van der Waals surface area contributed by atoms with E-state index in [1.807, 2.05) is 31.2 Å². The molecule has 21 heavy (non-hydrogen) atoms. The van der Waals surface area contributed by atoms with Crippen LogP contribution < -0.4 is 10.6 Å². The Kier molecular flexibility index (Phi) is 5.14. The lowest BCUT2D eigenvalue weighted by Crippen LogP contribution is -2.39. The van der Waals surface area contributed by atoms with Gasteiger partial charge in [-0.2, -0.15) is 13.2 Å². The fourth-order valence-electron chi connectivity index (χ4n) is 2.87. The van der Waals surface area contributed by atoms with Crippen molar-refractivity contribution in [1.29, 1.82) is 0 Å². The summed E-state index contributed by atoms with van der Waals surface area (Å²) < 4.78 is 38.2. The summed E-state index contributed by atoms with van der Waals surface area (Å²) in [5.74, 6) is -1.15. The summed E-state index contributed by atoms with van der Waals surface area (Å²) in [6.07, 6.45) is -2.04. The minimum atomic E-state index is -4.06. The third-order valence-corrected chi connectivity index (χ3v) is 4.30. The zero-order chi connectivity index (χ0) is 15.5. The van der Waals surface area contributed by atoms with Crippen molar-refractivity contribution >= 4 is 5.69 Å². The molecule has 0 saturated carbocycles. The maximum Gasteiger partial charge on any atom is 0.391 e. The molecule has 1 fully saturated rings. The summed E-state index contributed by atoms with van der Waals surface area (Å²) in [4.78, 5) is 2.07. The van der Waals surface area contributed by atoms with Crippen molar-refractivity contribution in [2.75, 3.05) is 18.0 Å². The lowest BCUT2D eigenvalue weighted by Gasteiger charge is -2.35. The van der Waals surface area contributed by atoms with Crippen molar-refractivity contribution in [2.45, 2.75) is 44.8 Å². The highest BCUT2D eigenvalue weighted by molar-refractivity contribution is 5.54. The number of nitrogens with zero attached hydrogens (tertiary/aromatic N) is 1. The Labute approximate surface area is 124 Å². The van der Waals surface area contributed by atoms with E-state index in [0.29, 0.717) is 13.1 Å². The number of hydrogen-bond acceptors (Lipinski definition) is 2. The molecule has 0 bridgehead atoms. The fraction of sp³-hybridized carbons (Fsp3) is 0.625. The molecule has 0 radical (unpaired) electrons. The summed E-state index contributed by atoms with van der Waals surface area (Å²) in [5, 5.41) is 0. The first-order valence-corrected chi connectivity index (χ1v) is 7.57. The van der Waals surface area contributed by atoms with Gasteiger partial charge in [0.1, 0.15) is 0 Å². The molecule has 2 nitrogen and oxygen atoms in total. The van der Waals surface area contributed by atoms with Crippen LogP contribution in [0.5, 0.6) is 0 Å². The molecule has 0 aliphatic carbocycles. The quantitative estimate of drug-likeness (QED) is 0.917. The summed E-state index contributed by atoms with van der Waals surface area (Å²) in [6.45, 7) is 2.97. The van der Waals surface area contributed by atoms with Crippen LogP contribution in [0.1, 0.15) is 31.7 Å². The van der Waals surface area contributed by atoms with Crippen molar-refractivity contribution in [1.82, 2.24) is 0 Å². The predicted octanol–water partition coefficient (Wildman–Crippen LogP) is 3.75. The fourth-order valence-corrected chi connectivity index (χ4v) is 2.87. The summed E-state index contributed by atoms with van der Waals surface area (Å²) in [5.41, 5.74) is 8.20. The molecule has 1 aliphatic rings. The van der Waals surface area contributed by atoms with Crippen molar-refractivity contribution in [2.24, 2.45) is 11.7 Å². The molecule has 0 amide bonds. The molecule has 1 atom stereocenters. The van der Waals surface area contributed by atoms with Crippen LogP contribution in [-0.4, -0.2) is 25.3 Å². The number of benzene rings is 1. The van der Waals surface area contributed by atoms with Crippen LogP contribution in [0, 0.1) is 5.92 Å². The number of hydrogen-bond donors (Lipinski definition) is 1. The molecular formula is C16H23F3N2. The van der Waals surface area contributed by atoms with Gasteiger partial charge in [-0.3, -0.25) is 0 Å². The van der Waals surface area contributed by atoms with E-state index in [-0.39, 0.29) is 18.9 Å². The van der Waals surface area contributed by atoms with Crippen molar-refractivity contribution < 1.29 is 13.2 Å². The monoisotopic (exact) mass is 300 g/mol. The van der Waals surface area contributed by atoms with Crippen LogP contribution in [0.2, 0.25) is 0 Å². The minimum Gasteiger partial charge on any atom is -0.371 e. The zero-order valence-electron chi connectivity index (χ0n) is 12.4. The molecule has 2 N–H and O–H groups in total. The Hall–Kier alpha value is -1.23. The Bertz CT molecular complexity index is 451. The summed E-state index contributed by atoms with van der Waals surface area (Å²) in [6, 6.07) is 8.01. The Morgan fingerprint density at radius 1 is 1.24 bits per heavy atom. The lowest BCUT2D eigenvalue weighted by atomic mass is 9.94. The molecule has 2 rings (SSSR count). The van der Waals surface area contributed by atoms with Crippen molar-refractivity contribution in [3.63, 3.8) is 0 Å². The van der Waals surface area contributed by atoms with Gasteiger partial charge in [0.05, 0.1) is 5.92 Å². The van der Waals surface area contributed by atoms with E-state index < -0.39 is 12.1 Å². The molecule has 118 valence electrons. The molecule has 1 saturated heterocycles. The van der Waals surface area contributed by atoms with E-state index in [9.17, 15) is 13.2 Å². The Balaban J connectivity index is 2.06. The number of alkyl halides is 3. The smallest absolute Gasteiger partial charge is 0.371 e. The van der Waals surface area contributed by atoms with Gasteiger partial charge in [-0.25, -0.2) is 0 Å². The highest BCUT2D eigenvalue weighted by Crippen LogP contribution is 2.36. The largest absolute Gasteiger partial charge is 0.391 e. The molecule has 1 aromatic carbocycles. The number of anilines is 1. The van der Waals surface area contributed by atoms with Gasteiger partial charge in [0.25, 0.3) is 0 Å². The number of nitrogens with two attached hydrogens (primary N) is 1. The standard InChI is InChI=1S/C16H23F3N2/c1-2-14(20)11-12-5-3-4-6-15(12)21-9-7-13(8-10-21)16(17,18)19/h3-6,13-14H,2,7-11,20H2,1H3. The first-order chi connectivity index (χ1) is 9.91. The van der Waals surface area contributed by atoms with Gasteiger partial charge in [-0.05, 0) is 37.3 Å². The summed E-state index contributed by atoms with van der Waals surface area (Å²) >= 11 is 0. The van der Waals surface area contributed by atoms with Gasteiger partial charge in [0, 0.05) is 24.8 Å². The van der Waals surface area contributed by atoms with Crippen LogP contribution in [0.25, 0.3) is 0 Å². The number of rotatable bonds is 4. The zero-order valence-corrected chi connectivity index (χ0v) is 12.4. The second-order valence-corrected chi connectivity index (χ2v) is 5.80.